The summed E-state index contributed by atoms with van der Waals surface area (Å²) < 4.78 is 6.73. The molecule has 0 aliphatic rings. The molecule has 0 fully saturated rings. The van der Waals surface area contributed by atoms with E-state index in [-0.39, 0.29) is 24.5 Å². The summed E-state index contributed by atoms with van der Waals surface area (Å²) in [4.78, 5) is 29.2. The van der Waals surface area contributed by atoms with Gasteiger partial charge in [-0.15, -0.1) is 0 Å². The Bertz CT molecular complexity index is 968. The lowest BCUT2D eigenvalue weighted by Gasteiger charge is -2.13. The van der Waals surface area contributed by atoms with Crippen LogP contribution in [0.3, 0.4) is 0 Å². The number of hydrogen-bond acceptors (Lipinski definition) is 4. The van der Waals surface area contributed by atoms with Crippen LogP contribution in [0.5, 0.6) is 6.01 Å². The van der Waals surface area contributed by atoms with Crippen molar-refractivity contribution in [3.63, 3.8) is 0 Å². The molecule has 0 saturated heterocycles. The van der Waals surface area contributed by atoms with Gasteiger partial charge in [0.1, 0.15) is 0 Å². The van der Waals surface area contributed by atoms with Gasteiger partial charge in [-0.05, 0) is 30.2 Å². The van der Waals surface area contributed by atoms with Crippen molar-refractivity contribution in [3.8, 4) is 6.01 Å². The van der Waals surface area contributed by atoms with Crippen molar-refractivity contribution in [1.82, 2.24) is 9.55 Å². The normalized spacial score (nSPS) is 10.8. The van der Waals surface area contributed by atoms with Gasteiger partial charge in [0.25, 0.3) is 5.56 Å². The first kappa shape index (κ1) is 17.2. The van der Waals surface area contributed by atoms with Crippen LogP contribution >= 0.6 is 11.6 Å². The predicted molar refractivity (Wildman–Crippen MR) is 97.1 cm³/mol. The third-order valence-electron chi connectivity index (χ3n) is 3.73. The molecule has 0 amide bonds. The first-order valence-corrected chi connectivity index (χ1v) is 8.41. The highest BCUT2D eigenvalue weighted by Gasteiger charge is 2.16. The minimum atomic E-state index is -0.419. The van der Waals surface area contributed by atoms with Crippen LogP contribution in [-0.4, -0.2) is 15.5 Å². The molecule has 1 heterocycles. The summed E-state index contributed by atoms with van der Waals surface area (Å²) in [5.41, 5.74) is 1.04. The van der Waals surface area contributed by atoms with Crippen LogP contribution in [0, 0.1) is 0 Å². The SMILES string of the molecule is CCCC(=O)Oc1nc2cc(Cl)ccc2c(=O)n1Cc1ccccc1. The predicted octanol–water partition coefficient (Wildman–Crippen LogP) is 3.80. The van der Waals surface area contributed by atoms with E-state index in [2.05, 4.69) is 4.98 Å². The Kier molecular flexibility index (Phi) is 5.14. The van der Waals surface area contributed by atoms with Gasteiger partial charge in [-0.3, -0.25) is 14.2 Å². The van der Waals surface area contributed by atoms with Gasteiger partial charge in [-0.1, -0.05) is 48.9 Å². The number of carbonyl (C=O) groups is 1. The fourth-order valence-electron chi connectivity index (χ4n) is 2.51. The molecule has 3 aromatic rings. The van der Waals surface area contributed by atoms with Gasteiger partial charge in [-0.25, -0.2) is 0 Å². The van der Waals surface area contributed by atoms with Crippen molar-refractivity contribution in [3.05, 3.63) is 69.5 Å². The number of esters is 1. The summed E-state index contributed by atoms with van der Waals surface area (Å²) in [6.45, 7) is 2.14. The van der Waals surface area contributed by atoms with Gasteiger partial charge in [-0.2, -0.15) is 4.98 Å². The second-order valence-electron chi connectivity index (χ2n) is 5.66. The van der Waals surface area contributed by atoms with Crippen molar-refractivity contribution >= 4 is 28.5 Å². The number of fused-ring (bicyclic) bond motifs is 1. The van der Waals surface area contributed by atoms with Crippen molar-refractivity contribution in [2.45, 2.75) is 26.3 Å². The Morgan fingerprint density at radius 2 is 1.96 bits per heavy atom. The standard InChI is InChI=1S/C19H17ClN2O3/c1-2-6-17(23)25-19-21-16-11-14(20)9-10-15(16)18(24)22(19)12-13-7-4-3-5-8-13/h3-5,7-11H,2,6,12H2,1H3. The quantitative estimate of drug-likeness (QED) is 0.652. The van der Waals surface area contributed by atoms with Gasteiger partial charge < -0.3 is 4.74 Å². The molecule has 0 N–H and O–H groups in total. The number of ether oxygens (including phenoxy) is 1. The molecule has 0 aliphatic heterocycles. The van der Waals surface area contributed by atoms with E-state index in [1.54, 1.807) is 18.2 Å². The highest BCUT2D eigenvalue weighted by Crippen LogP contribution is 2.19. The summed E-state index contributed by atoms with van der Waals surface area (Å²) in [6.07, 6.45) is 0.913. The first-order chi connectivity index (χ1) is 12.1. The highest BCUT2D eigenvalue weighted by molar-refractivity contribution is 6.31. The molecule has 1 aromatic heterocycles. The van der Waals surface area contributed by atoms with E-state index < -0.39 is 5.97 Å². The molecule has 0 spiro atoms. The smallest absolute Gasteiger partial charge is 0.313 e. The summed E-state index contributed by atoms with van der Waals surface area (Å²) in [7, 11) is 0. The zero-order valence-electron chi connectivity index (χ0n) is 13.7. The van der Waals surface area contributed by atoms with Gasteiger partial charge in [0.05, 0.1) is 17.4 Å². The molecule has 3 rings (SSSR count). The van der Waals surface area contributed by atoms with Gasteiger partial charge in [0.15, 0.2) is 0 Å². The fraction of sp³-hybridized carbons (Fsp3) is 0.211. The van der Waals surface area contributed by atoms with Crippen molar-refractivity contribution < 1.29 is 9.53 Å². The van der Waals surface area contributed by atoms with Gasteiger partial charge in [0, 0.05) is 11.4 Å². The number of nitrogens with zero attached hydrogens (tertiary/aromatic N) is 2. The number of halogens is 1. The maximum Gasteiger partial charge on any atom is 0.313 e. The van der Waals surface area contributed by atoms with E-state index in [9.17, 15) is 9.59 Å². The average molecular weight is 357 g/mol. The van der Waals surface area contributed by atoms with Crippen molar-refractivity contribution in [2.75, 3.05) is 0 Å². The Morgan fingerprint density at radius 3 is 2.68 bits per heavy atom. The Balaban J connectivity index is 2.13. The largest absolute Gasteiger partial charge is 0.392 e. The number of benzene rings is 2. The zero-order chi connectivity index (χ0) is 17.8. The molecular weight excluding hydrogens is 340 g/mol. The number of carbonyl (C=O) groups excluding carboxylic acids is 1. The topological polar surface area (TPSA) is 61.2 Å². The second-order valence-corrected chi connectivity index (χ2v) is 6.09. The highest BCUT2D eigenvalue weighted by atomic mass is 35.5. The molecule has 2 aromatic carbocycles. The Morgan fingerprint density at radius 1 is 1.20 bits per heavy atom. The Hall–Kier alpha value is -2.66. The third-order valence-corrected chi connectivity index (χ3v) is 3.96. The molecule has 6 heteroatoms. The summed E-state index contributed by atoms with van der Waals surface area (Å²) in [5, 5.41) is 0.890. The first-order valence-electron chi connectivity index (χ1n) is 8.03. The zero-order valence-corrected chi connectivity index (χ0v) is 14.5. The van der Waals surface area contributed by atoms with E-state index in [0.717, 1.165) is 5.56 Å². The third kappa shape index (κ3) is 3.88. The number of hydrogen-bond donors (Lipinski definition) is 0. The Labute approximate surface area is 149 Å². The van der Waals surface area contributed by atoms with E-state index >= 15 is 0 Å². The monoisotopic (exact) mass is 356 g/mol. The minimum absolute atomic E-state index is 0.0120. The summed E-state index contributed by atoms with van der Waals surface area (Å²) in [5.74, 6) is -0.419. The molecule has 5 nitrogen and oxygen atoms in total. The molecular formula is C19H17ClN2O3. The average Bonchev–Trinajstić information content (AvgIpc) is 2.59. The van der Waals surface area contributed by atoms with E-state index in [1.165, 1.54) is 4.57 Å². The molecule has 0 atom stereocenters. The van der Waals surface area contributed by atoms with E-state index in [0.29, 0.717) is 22.3 Å². The maximum atomic E-state index is 12.9. The van der Waals surface area contributed by atoms with Crippen LogP contribution in [0.4, 0.5) is 0 Å². The van der Waals surface area contributed by atoms with Crippen LogP contribution in [-0.2, 0) is 11.3 Å². The number of rotatable bonds is 5. The lowest BCUT2D eigenvalue weighted by atomic mass is 10.2. The molecule has 0 unspecified atom stereocenters. The number of aromatic nitrogens is 2. The van der Waals surface area contributed by atoms with E-state index in [4.69, 9.17) is 16.3 Å². The van der Waals surface area contributed by atoms with Crippen LogP contribution < -0.4 is 10.3 Å². The van der Waals surface area contributed by atoms with Gasteiger partial charge in [0.2, 0.25) is 0 Å². The van der Waals surface area contributed by atoms with Crippen LogP contribution in [0.2, 0.25) is 5.02 Å². The summed E-state index contributed by atoms with van der Waals surface area (Å²) in [6, 6.07) is 14.3. The molecule has 25 heavy (non-hydrogen) atoms. The van der Waals surface area contributed by atoms with Crippen molar-refractivity contribution in [2.24, 2.45) is 0 Å². The summed E-state index contributed by atoms with van der Waals surface area (Å²) >= 11 is 5.99. The second kappa shape index (κ2) is 7.49. The molecule has 128 valence electrons. The molecule has 0 saturated carbocycles. The fourth-order valence-corrected chi connectivity index (χ4v) is 2.68. The maximum absolute atomic E-state index is 12.9. The van der Waals surface area contributed by atoms with E-state index in [1.807, 2.05) is 37.3 Å². The molecule has 0 aliphatic carbocycles. The lowest BCUT2D eigenvalue weighted by Crippen LogP contribution is -2.26. The van der Waals surface area contributed by atoms with Crippen LogP contribution in [0.1, 0.15) is 25.3 Å². The minimum Gasteiger partial charge on any atom is -0.392 e. The van der Waals surface area contributed by atoms with Crippen LogP contribution in [0.15, 0.2) is 53.3 Å². The lowest BCUT2D eigenvalue weighted by molar-refractivity contribution is -0.135. The van der Waals surface area contributed by atoms with Crippen LogP contribution in [0.25, 0.3) is 10.9 Å². The molecule has 0 bridgehead atoms. The van der Waals surface area contributed by atoms with Gasteiger partial charge >= 0.3 is 12.0 Å². The molecule has 0 radical (unpaired) electrons. The van der Waals surface area contributed by atoms with Crippen molar-refractivity contribution in [1.29, 1.82) is 0 Å².